The molecule has 2 fully saturated rings. The van der Waals surface area contributed by atoms with E-state index < -0.39 is 0 Å². The molecule has 1 aliphatic carbocycles. The standard InChI is InChI=1S/C26H31N3O2/c1-5-18(2)23-13-14-24(27-25(23)31-4)29-16-15-28(26(29)30)19(3)22-8-6-7-21(17-22)12-11-20-9-10-20/h5-8,13-14,17,19-20H,1-2,9-12,15-16H2,3-4H3. The van der Waals surface area contributed by atoms with Crippen LogP contribution in [-0.4, -0.2) is 36.1 Å². The summed E-state index contributed by atoms with van der Waals surface area (Å²) in [6.45, 7) is 11.1. The third-order valence-corrected chi connectivity index (χ3v) is 6.39. The number of anilines is 1. The van der Waals surface area contributed by atoms with Gasteiger partial charge in [-0.1, -0.05) is 56.3 Å². The molecule has 1 saturated heterocycles. The quantitative estimate of drug-likeness (QED) is 0.496. The number of pyridine rings is 1. The number of hydrogen-bond donors (Lipinski definition) is 0. The van der Waals surface area contributed by atoms with E-state index in [9.17, 15) is 4.79 Å². The molecule has 5 heteroatoms. The summed E-state index contributed by atoms with van der Waals surface area (Å²) in [5, 5.41) is 0. The first-order valence-corrected chi connectivity index (χ1v) is 11.1. The zero-order chi connectivity index (χ0) is 22.0. The second-order valence-electron chi connectivity index (χ2n) is 8.49. The highest BCUT2D eigenvalue weighted by molar-refractivity contribution is 5.93. The molecule has 1 aliphatic heterocycles. The molecule has 1 aromatic carbocycles. The number of benzene rings is 1. The number of aromatic nitrogens is 1. The fourth-order valence-electron chi connectivity index (χ4n) is 4.18. The Balaban J connectivity index is 1.49. The molecule has 2 amide bonds. The van der Waals surface area contributed by atoms with Crippen LogP contribution in [0, 0.1) is 5.92 Å². The van der Waals surface area contributed by atoms with Crippen molar-refractivity contribution >= 4 is 17.4 Å². The lowest BCUT2D eigenvalue weighted by atomic mass is 10.0. The van der Waals surface area contributed by atoms with E-state index in [-0.39, 0.29) is 12.1 Å². The van der Waals surface area contributed by atoms with Crippen LogP contribution in [0.3, 0.4) is 0 Å². The van der Waals surface area contributed by atoms with Crippen LogP contribution in [0.1, 0.15) is 48.9 Å². The van der Waals surface area contributed by atoms with Crippen molar-refractivity contribution in [3.8, 4) is 5.88 Å². The predicted molar refractivity (Wildman–Crippen MR) is 125 cm³/mol. The van der Waals surface area contributed by atoms with Crippen molar-refractivity contribution in [1.82, 2.24) is 9.88 Å². The van der Waals surface area contributed by atoms with Gasteiger partial charge in [0.25, 0.3) is 0 Å². The first kappa shape index (κ1) is 21.2. The van der Waals surface area contributed by atoms with Gasteiger partial charge in [-0.15, -0.1) is 0 Å². The van der Waals surface area contributed by atoms with Crippen LogP contribution in [0.25, 0.3) is 5.57 Å². The van der Waals surface area contributed by atoms with Gasteiger partial charge in [0.15, 0.2) is 0 Å². The third kappa shape index (κ3) is 4.50. The second kappa shape index (κ2) is 8.96. The number of ether oxygens (including phenoxy) is 1. The van der Waals surface area contributed by atoms with Gasteiger partial charge in [-0.25, -0.2) is 4.79 Å². The zero-order valence-corrected chi connectivity index (χ0v) is 18.5. The predicted octanol–water partition coefficient (Wildman–Crippen LogP) is 5.64. The molecule has 1 atom stereocenters. The van der Waals surface area contributed by atoms with Gasteiger partial charge in [-0.05, 0) is 54.5 Å². The Labute approximate surface area is 185 Å². The van der Waals surface area contributed by atoms with Gasteiger partial charge in [0.2, 0.25) is 5.88 Å². The average Bonchev–Trinajstić information content (AvgIpc) is 3.56. The Morgan fingerprint density at radius 3 is 2.81 bits per heavy atom. The van der Waals surface area contributed by atoms with Gasteiger partial charge in [-0.2, -0.15) is 4.98 Å². The number of methoxy groups -OCH3 is 1. The van der Waals surface area contributed by atoms with Crippen LogP contribution >= 0.6 is 0 Å². The first-order valence-electron chi connectivity index (χ1n) is 11.1. The summed E-state index contributed by atoms with van der Waals surface area (Å²) in [6.07, 6.45) is 6.83. The second-order valence-corrected chi connectivity index (χ2v) is 8.49. The molecule has 5 nitrogen and oxygen atoms in total. The van der Waals surface area contributed by atoms with E-state index in [4.69, 9.17) is 4.74 Å². The van der Waals surface area contributed by atoms with Crippen LogP contribution in [0.5, 0.6) is 5.88 Å². The molecular formula is C26H31N3O2. The molecule has 162 valence electrons. The van der Waals surface area contributed by atoms with Crippen molar-refractivity contribution in [3.05, 3.63) is 72.3 Å². The Hall–Kier alpha value is -3.08. The Morgan fingerprint density at radius 1 is 1.29 bits per heavy atom. The number of urea groups is 1. The van der Waals surface area contributed by atoms with E-state index in [1.807, 2.05) is 17.0 Å². The summed E-state index contributed by atoms with van der Waals surface area (Å²) >= 11 is 0. The SMILES string of the molecule is C=CC(=C)c1ccc(N2CCN(C(C)c3cccc(CCC4CC4)c3)C2=O)nc1OC. The van der Waals surface area contributed by atoms with Crippen LogP contribution in [-0.2, 0) is 6.42 Å². The van der Waals surface area contributed by atoms with Crippen molar-refractivity contribution < 1.29 is 9.53 Å². The number of allylic oxidation sites excluding steroid dienone is 2. The topological polar surface area (TPSA) is 45.7 Å². The maximum Gasteiger partial charge on any atom is 0.326 e. The lowest BCUT2D eigenvalue weighted by Crippen LogP contribution is -2.34. The van der Waals surface area contributed by atoms with Crippen LogP contribution < -0.4 is 9.64 Å². The number of aryl methyl sites for hydroxylation is 1. The fraction of sp³-hybridized carbons (Fsp3) is 0.385. The minimum absolute atomic E-state index is 0.0140. The van der Waals surface area contributed by atoms with Gasteiger partial charge in [0.1, 0.15) is 5.82 Å². The van der Waals surface area contributed by atoms with Gasteiger partial charge in [0, 0.05) is 18.7 Å². The molecule has 1 unspecified atom stereocenters. The fourth-order valence-corrected chi connectivity index (χ4v) is 4.18. The minimum atomic E-state index is -0.0271. The van der Waals surface area contributed by atoms with Gasteiger partial charge >= 0.3 is 6.03 Å². The number of carbonyl (C=O) groups excluding carboxylic acids is 1. The number of nitrogens with zero attached hydrogens (tertiary/aromatic N) is 3. The first-order chi connectivity index (χ1) is 15.0. The molecule has 4 rings (SSSR count). The van der Waals surface area contributed by atoms with Gasteiger partial charge in [-0.3, -0.25) is 4.90 Å². The highest BCUT2D eigenvalue weighted by atomic mass is 16.5. The van der Waals surface area contributed by atoms with Crippen molar-refractivity contribution in [2.45, 2.75) is 38.6 Å². The maximum atomic E-state index is 13.2. The minimum Gasteiger partial charge on any atom is -0.480 e. The van der Waals surface area contributed by atoms with Gasteiger partial charge < -0.3 is 9.64 Å². The lowest BCUT2D eigenvalue weighted by molar-refractivity contribution is 0.205. The highest BCUT2D eigenvalue weighted by Crippen LogP contribution is 2.34. The smallest absolute Gasteiger partial charge is 0.326 e. The number of hydrogen-bond acceptors (Lipinski definition) is 3. The summed E-state index contributed by atoms with van der Waals surface area (Å²) in [5.74, 6) is 1.97. The van der Waals surface area contributed by atoms with Crippen LogP contribution in [0.2, 0.25) is 0 Å². The summed E-state index contributed by atoms with van der Waals surface area (Å²) in [5.41, 5.74) is 4.07. The monoisotopic (exact) mass is 417 g/mol. The van der Waals surface area contributed by atoms with Crippen LogP contribution in [0.4, 0.5) is 10.6 Å². The molecule has 2 aliphatic rings. The van der Waals surface area contributed by atoms with E-state index in [0.29, 0.717) is 24.8 Å². The Bertz CT molecular complexity index is 996. The Morgan fingerprint density at radius 2 is 2.10 bits per heavy atom. The highest BCUT2D eigenvalue weighted by Gasteiger charge is 2.34. The summed E-state index contributed by atoms with van der Waals surface area (Å²) in [6, 6.07) is 12.4. The molecular weight excluding hydrogens is 386 g/mol. The molecule has 2 aromatic rings. The lowest BCUT2D eigenvalue weighted by Gasteiger charge is -2.25. The van der Waals surface area contributed by atoms with Crippen molar-refractivity contribution in [1.29, 1.82) is 0 Å². The van der Waals surface area contributed by atoms with Crippen molar-refractivity contribution in [2.24, 2.45) is 5.92 Å². The number of carbonyl (C=O) groups is 1. The van der Waals surface area contributed by atoms with Crippen molar-refractivity contribution in [2.75, 3.05) is 25.1 Å². The van der Waals surface area contributed by atoms with E-state index in [1.165, 1.54) is 30.4 Å². The van der Waals surface area contributed by atoms with Crippen molar-refractivity contribution in [3.63, 3.8) is 0 Å². The molecule has 31 heavy (non-hydrogen) atoms. The normalized spacial score (nSPS) is 17.0. The molecule has 0 radical (unpaired) electrons. The molecule has 2 heterocycles. The van der Waals surface area contributed by atoms with Gasteiger partial charge in [0.05, 0.1) is 13.2 Å². The molecule has 0 bridgehead atoms. The van der Waals surface area contributed by atoms with E-state index in [0.717, 1.165) is 23.5 Å². The van der Waals surface area contributed by atoms with Crippen LogP contribution in [0.15, 0.2) is 55.6 Å². The number of amides is 2. The largest absolute Gasteiger partial charge is 0.480 e. The maximum absolute atomic E-state index is 13.2. The van der Waals surface area contributed by atoms with E-state index >= 15 is 0 Å². The molecule has 1 saturated carbocycles. The van der Waals surface area contributed by atoms with E-state index in [2.05, 4.69) is 49.3 Å². The summed E-state index contributed by atoms with van der Waals surface area (Å²) in [4.78, 5) is 21.4. The number of rotatable bonds is 9. The average molecular weight is 418 g/mol. The molecule has 0 spiro atoms. The third-order valence-electron chi connectivity index (χ3n) is 6.39. The molecule has 1 aromatic heterocycles. The zero-order valence-electron chi connectivity index (χ0n) is 18.5. The molecule has 0 N–H and O–H groups in total. The Kier molecular flexibility index (Phi) is 6.12. The summed E-state index contributed by atoms with van der Waals surface area (Å²) < 4.78 is 5.43. The summed E-state index contributed by atoms with van der Waals surface area (Å²) in [7, 11) is 1.57. The van der Waals surface area contributed by atoms with E-state index in [1.54, 1.807) is 18.1 Å².